The number of carbonyl (C=O) groups excluding carboxylic acids is 1. The second kappa shape index (κ2) is 7.32. The Morgan fingerprint density at radius 1 is 1.30 bits per heavy atom. The highest BCUT2D eigenvalue weighted by molar-refractivity contribution is 9.10. The molecule has 7 heteroatoms. The van der Waals surface area contributed by atoms with Crippen molar-refractivity contribution in [3.8, 4) is 0 Å². The molecular formula is C16H14BrFN2O3. The fourth-order valence-electron chi connectivity index (χ4n) is 2.06. The lowest BCUT2D eigenvalue weighted by Crippen LogP contribution is -2.25. The first-order chi connectivity index (χ1) is 10.9. The fourth-order valence-corrected chi connectivity index (χ4v) is 2.49. The maximum Gasteiger partial charge on any atom is 0.273 e. The first kappa shape index (κ1) is 17.1. The third kappa shape index (κ3) is 4.35. The van der Waals surface area contributed by atoms with Gasteiger partial charge in [0.05, 0.1) is 9.40 Å². The number of halogens is 2. The number of carbonyl (C=O) groups is 1. The summed E-state index contributed by atoms with van der Waals surface area (Å²) in [4.78, 5) is 22.4. The Kier molecular flexibility index (Phi) is 5.44. The summed E-state index contributed by atoms with van der Waals surface area (Å²) >= 11 is 3.11. The molecule has 1 amide bonds. The second-order valence-electron chi connectivity index (χ2n) is 5.01. The van der Waals surface area contributed by atoms with Gasteiger partial charge in [-0.05, 0) is 53.0 Å². The highest BCUT2D eigenvalue weighted by Gasteiger charge is 2.14. The molecule has 0 aliphatic heterocycles. The van der Waals surface area contributed by atoms with Gasteiger partial charge in [0, 0.05) is 23.7 Å². The van der Waals surface area contributed by atoms with Gasteiger partial charge in [0.1, 0.15) is 5.82 Å². The molecule has 0 aliphatic rings. The number of rotatable bonds is 5. The Hall–Kier alpha value is -2.28. The summed E-state index contributed by atoms with van der Waals surface area (Å²) in [5, 5.41) is 13.6. The van der Waals surface area contributed by atoms with Crippen molar-refractivity contribution in [1.82, 2.24) is 5.32 Å². The van der Waals surface area contributed by atoms with Gasteiger partial charge < -0.3 is 5.32 Å². The van der Waals surface area contributed by atoms with Gasteiger partial charge in [0.2, 0.25) is 0 Å². The summed E-state index contributed by atoms with van der Waals surface area (Å²) in [5.41, 5.74) is 1.53. The van der Waals surface area contributed by atoms with Crippen molar-refractivity contribution in [1.29, 1.82) is 0 Å². The van der Waals surface area contributed by atoms with E-state index in [4.69, 9.17) is 0 Å². The Balaban J connectivity index is 1.98. The lowest BCUT2D eigenvalue weighted by molar-refractivity contribution is -0.385. The molecule has 0 saturated carbocycles. The Labute approximate surface area is 140 Å². The third-order valence-corrected chi connectivity index (χ3v) is 3.96. The van der Waals surface area contributed by atoms with Crippen molar-refractivity contribution in [2.24, 2.45) is 0 Å². The van der Waals surface area contributed by atoms with E-state index in [2.05, 4.69) is 21.2 Å². The minimum Gasteiger partial charge on any atom is -0.352 e. The Morgan fingerprint density at radius 3 is 2.70 bits per heavy atom. The van der Waals surface area contributed by atoms with Crippen LogP contribution in [-0.2, 0) is 6.42 Å². The number of amides is 1. The smallest absolute Gasteiger partial charge is 0.273 e. The molecule has 1 N–H and O–H groups in total. The monoisotopic (exact) mass is 380 g/mol. The lowest BCUT2D eigenvalue weighted by atomic mass is 10.1. The van der Waals surface area contributed by atoms with Crippen LogP contribution in [-0.4, -0.2) is 17.4 Å². The van der Waals surface area contributed by atoms with E-state index in [-0.39, 0.29) is 23.0 Å². The van der Waals surface area contributed by atoms with Gasteiger partial charge in [-0.15, -0.1) is 0 Å². The van der Waals surface area contributed by atoms with E-state index in [1.165, 1.54) is 12.1 Å². The topological polar surface area (TPSA) is 72.2 Å². The molecule has 0 radical (unpaired) electrons. The Bertz CT molecular complexity index is 765. The molecule has 23 heavy (non-hydrogen) atoms. The molecular weight excluding hydrogens is 367 g/mol. The second-order valence-corrected chi connectivity index (χ2v) is 5.87. The summed E-state index contributed by atoms with van der Waals surface area (Å²) in [6.07, 6.45) is 0.526. The minimum atomic E-state index is -0.512. The zero-order valence-electron chi connectivity index (χ0n) is 12.3. The summed E-state index contributed by atoms with van der Waals surface area (Å²) in [5.74, 6) is -0.723. The number of hydrogen-bond donors (Lipinski definition) is 1. The molecule has 0 atom stereocenters. The van der Waals surface area contributed by atoms with Crippen LogP contribution in [0.5, 0.6) is 0 Å². The van der Waals surface area contributed by atoms with E-state index >= 15 is 0 Å². The number of nitrogens with zero attached hydrogens (tertiary/aromatic N) is 1. The van der Waals surface area contributed by atoms with Crippen molar-refractivity contribution in [2.75, 3.05) is 6.54 Å². The maximum atomic E-state index is 13.1. The summed E-state index contributed by atoms with van der Waals surface area (Å²) in [6, 6.07) is 9.00. The van der Waals surface area contributed by atoms with Gasteiger partial charge in [-0.3, -0.25) is 14.9 Å². The van der Waals surface area contributed by atoms with Gasteiger partial charge in [0.25, 0.3) is 11.6 Å². The van der Waals surface area contributed by atoms with Crippen molar-refractivity contribution in [3.05, 3.63) is 73.5 Å². The predicted molar refractivity (Wildman–Crippen MR) is 88.0 cm³/mol. The van der Waals surface area contributed by atoms with Gasteiger partial charge in [-0.25, -0.2) is 4.39 Å². The summed E-state index contributed by atoms with van der Waals surface area (Å²) in [7, 11) is 0. The van der Waals surface area contributed by atoms with Crippen molar-refractivity contribution >= 4 is 27.5 Å². The first-order valence-corrected chi connectivity index (χ1v) is 7.65. The van der Waals surface area contributed by atoms with Crippen LogP contribution in [0.15, 0.2) is 40.9 Å². The first-order valence-electron chi connectivity index (χ1n) is 6.85. The zero-order chi connectivity index (χ0) is 17.0. The molecule has 0 bridgehead atoms. The standard InChI is InChI=1S/C16H14BrFN2O3/c1-10-2-4-12(9-15(10)20(22)23)16(21)19-7-6-11-3-5-14(18)13(17)8-11/h2-5,8-9H,6-7H2,1H3,(H,19,21). The van der Waals surface area contributed by atoms with E-state index in [0.29, 0.717) is 23.0 Å². The highest BCUT2D eigenvalue weighted by Crippen LogP contribution is 2.19. The number of nitro benzene ring substituents is 1. The molecule has 0 aliphatic carbocycles. The van der Waals surface area contributed by atoms with Crippen LogP contribution in [0.1, 0.15) is 21.5 Å². The molecule has 2 rings (SSSR count). The van der Waals surface area contributed by atoms with E-state index < -0.39 is 4.92 Å². The lowest BCUT2D eigenvalue weighted by Gasteiger charge is -2.07. The fraction of sp³-hybridized carbons (Fsp3) is 0.188. The van der Waals surface area contributed by atoms with Crippen molar-refractivity contribution < 1.29 is 14.1 Å². The molecule has 0 fully saturated rings. The number of nitrogens with one attached hydrogen (secondary N) is 1. The van der Waals surface area contributed by atoms with Gasteiger partial charge in [0.15, 0.2) is 0 Å². The predicted octanol–water partition coefficient (Wildman–Crippen LogP) is 3.78. The van der Waals surface area contributed by atoms with E-state index in [9.17, 15) is 19.3 Å². The molecule has 0 heterocycles. The van der Waals surface area contributed by atoms with Crippen LogP contribution >= 0.6 is 15.9 Å². The van der Waals surface area contributed by atoms with Crippen LogP contribution in [0, 0.1) is 22.9 Å². The zero-order valence-corrected chi connectivity index (χ0v) is 13.9. The van der Waals surface area contributed by atoms with Crippen LogP contribution in [0.4, 0.5) is 10.1 Å². The molecule has 2 aromatic carbocycles. The largest absolute Gasteiger partial charge is 0.352 e. The van der Waals surface area contributed by atoms with Crippen LogP contribution < -0.4 is 5.32 Å². The summed E-state index contributed by atoms with van der Waals surface area (Å²) < 4.78 is 13.5. The number of benzene rings is 2. The third-order valence-electron chi connectivity index (χ3n) is 3.35. The number of aryl methyl sites for hydroxylation is 1. The normalized spacial score (nSPS) is 10.4. The molecule has 120 valence electrons. The van der Waals surface area contributed by atoms with Crippen LogP contribution in [0.25, 0.3) is 0 Å². The van der Waals surface area contributed by atoms with Gasteiger partial charge in [-0.2, -0.15) is 0 Å². The maximum absolute atomic E-state index is 13.1. The molecule has 0 spiro atoms. The quantitative estimate of drug-likeness (QED) is 0.633. The minimum absolute atomic E-state index is 0.0832. The van der Waals surface area contributed by atoms with Crippen LogP contribution in [0.2, 0.25) is 0 Å². The highest BCUT2D eigenvalue weighted by atomic mass is 79.9. The molecule has 5 nitrogen and oxygen atoms in total. The Morgan fingerprint density at radius 2 is 2.04 bits per heavy atom. The SMILES string of the molecule is Cc1ccc(C(=O)NCCc2ccc(F)c(Br)c2)cc1[N+](=O)[O-]. The van der Waals surface area contributed by atoms with E-state index in [0.717, 1.165) is 5.56 Å². The molecule has 2 aromatic rings. The molecule has 0 saturated heterocycles. The number of hydrogen-bond acceptors (Lipinski definition) is 3. The number of nitro groups is 1. The van der Waals surface area contributed by atoms with E-state index in [1.807, 2.05) is 0 Å². The van der Waals surface area contributed by atoms with Crippen molar-refractivity contribution in [3.63, 3.8) is 0 Å². The van der Waals surface area contributed by atoms with E-state index in [1.54, 1.807) is 31.2 Å². The van der Waals surface area contributed by atoms with Gasteiger partial charge >= 0.3 is 0 Å². The van der Waals surface area contributed by atoms with Gasteiger partial charge in [-0.1, -0.05) is 12.1 Å². The molecule has 0 aromatic heterocycles. The summed E-state index contributed by atoms with van der Waals surface area (Å²) in [6.45, 7) is 1.96. The molecule has 0 unspecified atom stereocenters. The van der Waals surface area contributed by atoms with Crippen molar-refractivity contribution in [2.45, 2.75) is 13.3 Å². The average molecular weight is 381 g/mol. The van der Waals surface area contributed by atoms with Crippen LogP contribution in [0.3, 0.4) is 0 Å². The average Bonchev–Trinajstić information content (AvgIpc) is 2.50.